The Labute approximate surface area is 90.5 Å². The van der Waals surface area contributed by atoms with Gasteiger partial charge in [-0.2, -0.15) is 0 Å². The molecule has 0 aromatic carbocycles. The molecule has 1 atom stereocenters. The van der Waals surface area contributed by atoms with E-state index in [1.54, 1.807) is 6.20 Å². The summed E-state index contributed by atoms with van der Waals surface area (Å²) >= 11 is 0. The molecule has 0 bridgehead atoms. The summed E-state index contributed by atoms with van der Waals surface area (Å²) in [5.41, 5.74) is 6.69. The van der Waals surface area contributed by atoms with E-state index >= 15 is 0 Å². The quantitative estimate of drug-likeness (QED) is 0.783. The molecule has 82 valence electrons. The van der Waals surface area contributed by atoms with Gasteiger partial charge in [0.25, 0.3) is 0 Å². The molecule has 4 heteroatoms. The van der Waals surface area contributed by atoms with Crippen molar-refractivity contribution < 1.29 is 0 Å². The summed E-state index contributed by atoms with van der Waals surface area (Å²) in [4.78, 5) is 11.0. The van der Waals surface area contributed by atoms with E-state index in [-0.39, 0.29) is 0 Å². The minimum Gasteiger partial charge on any atom is -0.355 e. The van der Waals surface area contributed by atoms with Crippen molar-refractivity contribution in [3.8, 4) is 0 Å². The fourth-order valence-corrected chi connectivity index (χ4v) is 2.07. The zero-order valence-electron chi connectivity index (χ0n) is 9.19. The van der Waals surface area contributed by atoms with Crippen molar-refractivity contribution in [2.24, 2.45) is 11.7 Å². The molecule has 1 aromatic rings. The second-order valence-electron chi connectivity index (χ2n) is 4.21. The van der Waals surface area contributed by atoms with Crippen molar-refractivity contribution in [1.29, 1.82) is 0 Å². The highest BCUT2D eigenvalue weighted by atomic mass is 15.2. The van der Waals surface area contributed by atoms with E-state index in [4.69, 9.17) is 5.73 Å². The van der Waals surface area contributed by atoms with Crippen molar-refractivity contribution in [3.63, 3.8) is 0 Å². The van der Waals surface area contributed by atoms with Crippen LogP contribution in [0.3, 0.4) is 0 Å². The lowest BCUT2D eigenvalue weighted by Crippen LogP contribution is -2.38. The molecule has 4 nitrogen and oxygen atoms in total. The minimum atomic E-state index is 0.612. The van der Waals surface area contributed by atoms with Gasteiger partial charge in [0.1, 0.15) is 5.82 Å². The van der Waals surface area contributed by atoms with E-state index in [1.165, 1.54) is 12.8 Å². The fourth-order valence-electron chi connectivity index (χ4n) is 2.07. The van der Waals surface area contributed by atoms with Crippen molar-refractivity contribution in [3.05, 3.63) is 18.1 Å². The van der Waals surface area contributed by atoms with Gasteiger partial charge in [0.2, 0.25) is 0 Å². The van der Waals surface area contributed by atoms with Crippen LogP contribution in [0.15, 0.2) is 12.4 Å². The van der Waals surface area contributed by atoms with Gasteiger partial charge in [0, 0.05) is 19.3 Å². The second kappa shape index (κ2) is 4.57. The van der Waals surface area contributed by atoms with Crippen LogP contribution in [0.25, 0.3) is 0 Å². The number of aryl methyl sites for hydroxylation is 1. The van der Waals surface area contributed by atoms with Crippen LogP contribution in [-0.4, -0.2) is 29.6 Å². The molecule has 1 aromatic heterocycles. The number of aromatic nitrogens is 2. The molecular formula is C11H18N4. The van der Waals surface area contributed by atoms with Gasteiger partial charge in [-0.25, -0.2) is 4.98 Å². The number of rotatable bonds is 2. The summed E-state index contributed by atoms with van der Waals surface area (Å²) in [6.45, 7) is 4.85. The van der Waals surface area contributed by atoms with Crippen molar-refractivity contribution in [2.45, 2.75) is 19.8 Å². The smallest absolute Gasteiger partial charge is 0.147 e. The Morgan fingerprint density at radius 2 is 2.40 bits per heavy atom. The second-order valence-corrected chi connectivity index (χ2v) is 4.21. The van der Waals surface area contributed by atoms with E-state index in [0.717, 1.165) is 31.1 Å². The molecule has 2 heterocycles. The van der Waals surface area contributed by atoms with Gasteiger partial charge >= 0.3 is 0 Å². The van der Waals surface area contributed by atoms with Gasteiger partial charge in [-0.05, 0) is 32.2 Å². The van der Waals surface area contributed by atoms with Crippen LogP contribution in [0, 0.1) is 12.8 Å². The third kappa shape index (κ3) is 2.45. The monoisotopic (exact) mass is 206 g/mol. The van der Waals surface area contributed by atoms with Crippen LogP contribution in [-0.2, 0) is 0 Å². The third-order valence-corrected chi connectivity index (χ3v) is 2.92. The number of nitrogens with two attached hydrogens (primary N) is 1. The Balaban J connectivity index is 2.09. The first-order valence-electron chi connectivity index (χ1n) is 5.53. The largest absolute Gasteiger partial charge is 0.355 e. The zero-order valence-corrected chi connectivity index (χ0v) is 9.19. The molecule has 0 saturated carbocycles. The maximum atomic E-state index is 5.71. The average Bonchev–Trinajstić information content (AvgIpc) is 2.29. The maximum Gasteiger partial charge on any atom is 0.147 e. The molecular weight excluding hydrogens is 188 g/mol. The Bertz CT molecular complexity index is 326. The predicted molar refractivity (Wildman–Crippen MR) is 60.8 cm³/mol. The summed E-state index contributed by atoms with van der Waals surface area (Å²) in [5.74, 6) is 1.61. The fraction of sp³-hybridized carbons (Fsp3) is 0.636. The molecule has 1 aliphatic rings. The number of piperidine rings is 1. The molecule has 1 saturated heterocycles. The van der Waals surface area contributed by atoms with E-state index in [0.29, 0.717) is 5.92 Å². The standard InChI is InChI=1S/C11H18N4/c1-9-6-13-7-11(14-9)15-4-2-3-10(5-12)8-15/h6-7,10H,2-5,8,12H2,1H3/t10-/m1/s1. The summed E-state index contributed by atoms with van der Waals surface area (Å²) in [5, 5.41) is 0. The highest BCUT2D eigenvalue weighted by molar-refractivity contribution is 5.36. The lowest BCUT2D eigenvalue weighted by Gasteiger charge is -2.32. The molecule has 0 unspecified atom stereocenters. The maximum absolute atomic E-state index is 5.71. The van der Waals surface area contributed by atoms with Crippen molar-refractivity contribution in [2.75, 3.05) is 24.5 Å². The van der Waals surface area contributed by atoms with Crippen LogP contribution in [0.5, 0.6) is 0 Å². The molecule has 0 radical (unpaired) electrons. The Morgan fingerprint density at radius 3 is 3.13 bits per heavy atom. The lowest BCUT2D eigenvalue weighted by molar-refractivity contribution is 0.421. The van der Waals surface area contributed by atoms with Gasteiger partial charge in [-0.15, -0.1) is 0 Å². The summed E-state index contributed by atoms with van der Waals surface area (Å²) in [6.07, 6.45) is 6.07. The van der Waals surface area contributed by atoms with Gasteiger partial charge in [0.15, 0.2) is 0 Å². The first-order valence-corrected chi connectivity index (χ1v) is 5.53. The molecule has 2 N–H and O–H groups in total. The number of anilines is 1. The average molecular weight is 206 g/mol. The summed E-state index contributed by atoms with van der Waals surface area (Å²) in [7, 11) is 0. The van der Waals surface area contributed by atoms with E-state index in [9.17, 15) is 0 Å². The van der Waals surface area contributed by atoms with Crippen LogP contribution in [0.4, 0.5) is 5.82 Å². The van der Waals surface area contributed by atoms with Crippen LogP contribution >= 0.6 is 0 Å². The molecule has 2 rings (SSSR count). The molecule has 15 heavy (non-hydrogen) atoms. The third-order valence-electron chi connectivity index (χ3n) is 2.92. The van der Waals surface area contributed by atoms with E-state index in [2.05, 4.69) is 14.9 Å². The van der Waals surface area contributed by atoms with Gasteiger partial charge in [-0.3, -0.25) is 4.98 Å². The van der Waals surface area contributed by atoms with Gasteiger partial charge < -0.3 is 10.6 Å². The number of hydrogen-bond acceptors (Lipinski definition) is 4. The molecule has 0 spiro atoms. The molecule has 1 aliphatic heterocycles. The van der Waals surface area contributed by atoms with Crippen LogP contribution < -0.4 is 10.6 Å². The van der Waals surface area contributed by atoms with Crippen LogP contribution in [0.2, 0.25) is 0 Å². The Kier molecular flexibility index (Phi) is 3.16. The Morgan fingerprint density at radius 1 is 1.53 bits per heavy atom. The minimum absolute atomic E-state index is 0.612. The normalized spacial score (nSPS) is 21.7. The van der Waals surface area contributed by atoms with Gasteiger partial charge in [-0.1, -0.05) is 0 Å². The van der Waals surface area contributed by atoms with Crippen molar-refractivity contribution in [1.82, 2.24) is 9.97 Å². The van der Waals surface area contributed by atoms with E-state index < -0.39 is 0 Å². The lowest BCUT2D eigenvalue weighted by atomic mass is 9.98. The summed E-state index contributed by atoms with van der Waals surface area (Å²) < 4.78 is 0. The van der Waals surface area contributed by atoms with Gasteiger partial charge in [0.05, 0.1) is 11.9 Å². The predicted octanol–water partition coefficient (Wildman–Crippen LogP) is 0.960. The first-order chi connectivity index (χ1) is 7.29. The first kappa shape index (κ1) is 10.4. The Hall–Kier alpha value is -1.16. The van der Waals surface area contributed by atoms with E-state index in [1.807, 2.05) is 13.1 Å². The SMILES string of the molecule is Cc1cncc(N2CCC[C@H](CN)C2)n1. The highest BCUT2D eigenvalue weighted by Crippen LogP contribution is 2.20. The highest BCUT2D eigenvalue weighted by Gasteiger charge is 2.19. The molecule has 0 aliphatic carbocycles. The molecule has 0 amide bonds. The van der Waals surface area contributed by atoms with Crippen LogP contribution in [0.1, 0.15) is 18.5 Å². The number of nitrogens with zero attached hydrogens (tertiary/aromatic N) is 3. The molecule has 1 fully saturated rings. The number of hydrogen-bond donors (Lipinski definition) is 1. The summed E-state index contributed by atoms with van der Waals surface area (Å²) in [6, 6.07) is 0. The van der Waals surface area contributed by atoms with Crippen molar-refractivity contribution >= 4 is 5.82 Å². The topological polar surface area (TPSA) is 55.0 Å². The zero-order chi connectivity index (χ0) is 10.7.